The van der Waals surface area contributed by atoms with Crippen molar-refractivity contribution in [3.05, 3.63) is 34.9 Å². The average Bonchev–Trinajstić information content (AvgIpc) is 2.25. The molecule has 0 saturated carbocycles. The molecule has 2 N–H and O–H groups in total. The van der Waals surface area contributed by atoms with E-state index in [1.165, 1.54) is 0 Å². The summed E-state index contributed by atoms with van der Waals surface area (Å²) in [6.07, 6.45) is 0.396. The molecular formula is C14H20N2O2. The number of amides is 2. The zero-order chi connectivity index (χ0) is 13.7. The van der Waals surface area contributed by atoms with E-state index >= 15 is 0 Å². The molecule has 0 unspecified atom stereocenters. The molecule has 4 heteroatoms. The molecule has 0 saturated heterocycles. The third-order valence-corrected chi connectivity index (χ3v) is 2.54. The Labute approximate surface area is 108 Å². The van der Waals surface area contributed by atoms with Gasteiger partial charge in [-0.1, -0.05) is 31.5 Å². The summed E-state index contributed by atoms with van der Waals surface area (Å²) in [5, 5.41) is 0. The minimum absolute atomic E-state index is 0.178. The van der Waals surface area contributed by atoms with E-state index in [9.17, 15) is 9.59 Å². The molecule has 0 spiro atoms. The van der Waals surface area contributed by atoms with Crippen molar-refractivity contribution < 1.29 is 9.59 Å². The minimum Gasteiger partial charge on any atom is -0.273 e. The van der Waals surface area contributed by atoms with Crippen molar-refractivity contribution in [2.24, 2.45) is 5.92 Å². The molecule has 0 aliphatic carbocycles. The van der Waals surface area contributed by atoms with Crippen LogP contribution in [0.15, 0.2) is 18.2 Å². The van der Waals surface area contributed by atoms with E-state index in [4.69, 9.17) is 0 Å². The molecular weight excluding hydrogens is 228 g/mol. The fourth-order valence-corrected chi connectivity index (χ4v) is 1.68. The molecule has 1 rings (SSSR count). The van der Waals surface area contributed by atoms with Gasteiger partial charge in [0.2, 0.25) is 5.91 Å². The molecule has 0 heterocycles. The van der Waals surface area contributed by atoms with Gasteiger partial charge >= 0.3 is 0 Å². The highest BCUT2D eigenvalue weighted by atomic mass is 16.2. The van der Waals surface area contributed by atoms with Crippen LogP contribution in [0.4, 0.5) is 0 Å². The molecule has 98 valence electrons. The molecule has 0 aliphatic heterocycles. The topological polar surface area (TPSA) is 58.2 Å². The van der Waals surface area contributed by atoms with Crippen molar-refractivity contribution in [1.82, 2.24) is 10.9 Å². The number of carbonyl (C=O) groups is 2. The van der Waals surface area contributed by atoms with Gasteiger partial charge in [-0.3, -0.25) is 20.4 Å². The molecule has 0 atom stereocenters. The number of benzene rings is 1. The molecule has 0 bridgehead atoms. The Balaban J connectivity index is 2.58. The monoisotopic (exact) mass is 248 g/mol. The van der Waals surface area contributed by atoms with Crippen LogP contribution in [-0.4, -0.2) is 11.8 Å². The Bertz CT molecular complexity index is 453. The molecule has 1 aromatic carbocycles. The Morgan fingerprint density at radius 3 is 2.39 bits per heavy atom. The van der Waals surface area contributed by atoms with Crippen molar-refractivity contribution >= 4 is 11.8 Å². The molecule has 18 heavy (non-hydrogen) atoms. The van der Waals surface area contributed by atoms with E-state index in [1.807, 2.05) is 39.8 Å². The van der Waals surface area contributed by atoms with Gasteiger partial charge in [0.15, 0.2) is 0 Å². The highest BCUT2D eigenvalue weighted by molar-refractivity contribution is 5.96. The fraction of sp³-hybridized carbons (Fsp3) is 0.429. The van der Waals surface area contributed by atoms with E-state index in [0.29, 0.717) is 12.0 Å². The molecule has 0 aliphatic rings. The van der Waals surface area contributed by atoms with Crippen molar-refractivity contribution in [3.63, 3.8) is 0 Å². The number of hydrogen-bond donors (Lipinski definition) is 2. The van der Waals surface area contributed by atoms with Gasteiger partial charge in [0.1, 0.15) is 0 Å². The highest BCUT2D eigenvalue weighted by Gasteiger charge is 2.10. The summed E-state index contributed by atoms with van der Waals surface area (Å²) in [5.41, 5.74) is 7.41. The number of hydrogen-bond acceptors (Lipinski definition) is 2. The first-order chi connectivity index (χ1) is 8.40. The van der Waals surface area contributed by atoms with Gasteiger partial charge in [0.25, 0.3) is 5.91 Å². The average molecular weight is 248 g/mol. The molecule has 4 nitrogen and oxygen atoms in total. The Morgan fingerprint density at radius 1 is 1.17 bits per heavy atom. The van der Waals surface area contributed by atoms with E-state index in [2.05, 4.69) is 10.9 Å². The van der Waals surface area contributed by atoms with Crippen LogP contribution in [0.25, 0.3) is 0 Å². The van der Waals surface area contributed by atoms with Crippen molar-refractivity contribution in [1.29, 1.82) is 0 Å². The van der Waals surface area contributed by atoms with E-state index in [0.717, 1.165) is 11.1 Å². The second kappa shape index (κ2) is 6.19. The standard InChI is InChI=1S/C14H20N2O2/c1-9(2)7-13(17)15-16-14(18)12-6-5-10(3)8-11(12)4/h5-6,8-9H,7H2,1-4H3,(H,15,17)(H,16,18). The fourth-order valence-electron chi connectivity index (χ4n) is 1.68. The van der Waals surface area contributed by atoms with Gasteiger partial charge in [0, 0.05) is 12.0 Å². The lowest BCUT2D eigenvalue weighted by Crippen LogP contribution is -2.42. The Kier molecular flexibility index (Phi) is 4.89. The molecule has 0 radical (unpaired) electrons. The number of rotatable bonds is 3. The summed E-state index contributed by atoms with van der Waals surface area (Å²) in [4.78, 5) is 23.2. The van der Waals surface area contributed by atoms with Crippen LogP contribution in [0, 0.1) is 19.8 Å². The second-order valence-electron chi connectivity index (χ2n) is 4.92. The van der Waals surface area contributed by atoms with E-state index < -0.39 is 0 Å². The smallest absolute Gasteiger partial charge is 0.269 e. The van der Waals surface area contributed by atoms with Crippen LogP contribution in [-0.2, 0) is 4.79 Å². The number of nitrogens with one attached hydrogen (secondary N) is 2. The molecule has 1 aromatic rings. The SMILES string of the molecule is Cc1ccc(C(=O)NNC(=O)CC(C)C)c(C)c1. The van der Waals surface area contributed by atoms with Crippen LogP contribution in [0.3, 0.4) is 0 Å². The summed E-state index contributed by atoms with van der Waals surface area (Å²) >= 11 is 0. The van der Waals surface area contributed by atoms with E-state index in [1.54, 1.807) is 6.07 Å². The summed E-state index contributed by atoms with van der Waals surface area (Å²) in [7, 11) is 0. The molecule has 2 amide bonds. The van der Waals surface area contributed by atoms with Gasteiger partial charge < -0.3 is 0 Å². The zero-order valence-corrected chi connectivity index (χ0v) is 11.3. The van der Waals surface area contributed by atoms with Crippen LogP contribution in [0.2, 0.25) is 0 Å². The highest BCUT2D eigenvalue weighted by Crippen LogP contribution is 2.09. The lowest BCUT2D eigenvalue weighted by Gasteiger charge is -2.10. The van der Waals surface area contributed by atoms with Crippen molar-refractivity contribution in [2.75, 3.05) is 0 Å². The summed E-state index contributed by atoms with van der Waals surface area (Å²) < 4.78 is 0. The lowest BCUT2D eigenvalue weighted by molar-refractivity contribution is -0.122. The summed E-state index contributed by atoms with van der Waals surface area (Å²) in [5.74, 6) is -0.198. The number of carbonyl (C=O) groups excluding carboxylic acids is 2. The van der Waals surface area contributed by atoms with Gasteiger partial charge in [-0.25, -0.2) is 0 Å². The van der Waals surface area contributed by atoms with Gasteiger partial charge in [-0.2, -0.15) is 0 Å². The maximum absolute atomic E-state index is 11.8. The maximum atomic E-state index is 11.8. The van der Waals surface area contributed by atoms with Gasteiger partial charge in [0.05, 0.1) is 0 Å². The van der Waals surface area contributed by atoms with Gasteiger partial charge in [-0.05, 0) is 31.4 Å². The normalized spacial score (nSPS) is 10.3. The third kappa shape index (κ3) is 4.20. The van der Waals surface area contributed by atoms with Crippen LogP contribution >= 0.6 is 0 Å². The first-order valence-corrected chi connectivity index (χ1v) is 6.06. The quantitative estimate of drug-likeness (QED) is 0.805. The first-order valence-electron chi connectivity index (χ1n) is 6.06. The predicted octanol–water partition coefficient (Wildman–Crippen LogP) is 2.11. The van der Waals surface area contributed by atoms with Crippen molar-refractivity contribution in [3.8, 4) is 0 Å². The minimum atomic E-state index is -0.287. The maximum Gasteiger partial charge on any atom is 0.269 e. The van der Waals surface area contributed by atoms with Crippen LogP contribution in [0.5, 0.6) is 0 Å². The number of aryl methyl sites for hydroxylation is 2. The predicted molar refractivity (Wildman–Crippen MR) is 71.0 cm³/mol. The third-order valence-electron chi connectivity index (χ3n) is 2.54. The Hall–Kier alpha value is -1.84. The van der Waals surface area contributed by atoms with Crippen LogP contribution < -0.4 is 10.9 Å². The molecule has 0 fully saturated rings. The zero-order valence-electron chi connectivity index (χ0n) is 11.3. The summed E-state index contributed by atoms with van der Waals surface area (Å²) in [6.45, 7) is 7.74. The van der Waals surface area contributed by atoms with Crippen LogP contribution in [0.1, 0.15) is 41.8 Å². The Morgan fingerprint density at radius 2 is 1.83 bits per heavy atom. The van der Waals surface area contributed by atoms with Crippen molar-refractivity contribution in [2.45, 2.75) is 34.1 Å². The summed E-state index contributed by atoms with van der Waals surface area (Å²) in [6, 6.07) is 5.57. The van der Waals surface area contributed by atoms with E-state index in [-0.39, 0.29) is 17.7 Å². The van der Waals surface area contributed by atoms with Gasteiger partial charge in [-0.15, -0.1) is 0 Å². The lowest BCUT2D eigenvalue weighted by atomic mass is 10.1. The largest absolute Gasteiger partial charge is 0.273 e. The molecule has 0 aromatic heterocycles. The first kappa shape index (κ1) is 14.2. The second-order valence-corrected chi connectivity index (χ2v) is 4.92. The number of hydrazine groups is 1.